The van der Waals surface area contributed by atoms with Gasteiger partial charge in [-0.05, 0) is 44.1 Å². The molecule has 0 aliphatic rings. The Hall–Kier alpha value is -5.63. The van der Waals surface area contributed by atoms with Crippen LogP contribution in [0.2, 0.25) is 0 Å². The molecule has 12 N–H and O–H groups in total. The number of aliphatic carboxylic acids is 4. The standard InChI is InChI=1S/C34H50N6O14/c1-4-17(2)27(39-31(50)22(11-14-25(44)45)36-29(48)20(35)16-19-8-6-5-7-9-19)33(52)38-21(10-13-24(42)43)30(49)37-23(12-15-26(46)47)32(51)40-28(18(3)41)34(53)54/h5-9,17-18,20-23,27-28,41H,4,10-16,35H2,1-3H3,(H,36,48)(H,37,49)(H,38,52)(H,39,50)(H,40,51)(H,42,43)(H,44,45)(H,46,47)(H,53,54)/t17-,18+,20-,21-,22-,23-,27-,28-/m0/s1. The summed E-state index contributed by atoms with van der Waals surface area (Å²) in [6, 6.07) is -0.555. The maximum absolute atomic E-state index is 13.7. The predicted octanol–water partition coefficient (Wildman–Crippen LogP) is -1.91. The number of carboxylic acid groups (broad SMARTS) is 4. The Bertz CT molecular complexity index is 1490. The Morgan fingerprint density at radius 1 is 0.593 bits per heavy atom. The Balaban J connectivity index is 3.31. The molecule has 1 aromatic carbocycles. The van der Waals surface area contributed by atoms with Crippen molar-refractivity contribution in [2.24, 2.45) is 11.7 Å². The number of benzene rings is 1. The fourth-order valence-corrected chi connectivity index (χ4v) is 4.98. The molecule has 0 radical (unpaired) electrons. The fourth-order valence-electron chi connectivity index (χ4n) is 4.98. The van der Waals surface area contributed by atoms with Gasteiger partial charge in [0.15, 0.2) is 6.04 Å². The molecule has 1 aromatic rings. The van der Waals surface area contributed by atoms with E-state index in [1.165, 1.54) is 0 Å². The van der Waals surface area contributed by atoms with Crippen LogP contribution in [0.5, 0.6) is 0 Å². The zero-order valence-corrected chi connectivity index (χ0v) is 30.2. The lowest BCUT2D eigenvalue weighted by Crippen LogP contribution is -2.60. The maximum Gasteiger partial charge on any atom is 0.328 e. The van der Waals surface area contributed by atoms with Crippen LogP contribution in [0.4, 0.5) is 0 Å². The first kappa shape index (κ1) is 46.4. The van der Waals surface area contributed by atoms with Gasteiger partial charge < -0.3 is 57.9 Å². The number of nitrogens with one attached hydrogen (secondary N) is 5. The molecule has 5 amide bonds. The Morgan fingerprint density at radius 3 is 1.37 bits per heavy atom. The summed E-state index contributed by atoms with van der Waals surface area (Å²) in [7, 11) is 0. The fraction of sp³-hybridized carbons (Fsp3) is 0.559. The van der Waals surface area contributed by atoms with Crippen LogP contribution < -0.4 is 32.3 Å². The molecule has 0 fully saturated rings. The largest absolute Gasteiger partial charge is 0.481 e. The monoisotopic (exact) mass is 766 g/mol. The third-order valence-corrected chi connectivity index (χ3v) is 8.31. The van der Waals surface area contributed by atoms with E-state index in [0.717, 1.165) is 12.5 Å². The highest BCUT2D eigenvalue weighted by Crippen LogP contribution is 2.12. The predicted molar refractivity (Wildman–Crippen MR) is 187 cm³/mol. The zero-order chi connectivity index (χ0) is 41.1. The summed E-state index contributed by atoms with van der Waals surface area (Å²) in [5, 5.41) is 58.3. The van der Waals surface area contributed by atoms with Gasteiger partial charge in [-0.25, -0.2) is 4.79 Å². The second-order valence-electron chi connectivity index (χ2n) is 12.7. The molecule has 54 heavy (non-hydrogen) atoms. The summed E-state index contributed by atoms with van der Waals surface area (Å²) in [6.45, 7) is 4.29. The highest BCUT2D eigenvalue weighted by Gasteiger charge is 2.35. The smallest absolute Gasteiger partial charge is 0.328 e. The van der Waals surface area contributed by atoms with Crippen molar-refractivity contribution in [1.29, 1.82) is 0 Å². The Kier molecular flexibility index (Phi) is 19.9. The first-order chi connectivity index (χ1) is 25.3. The van der Waals surface area contributed by atoms with E-state index in [1.807, 2.05) is 5.32 Å². The minimum Gasteiger partial charge on any atom is -0.481 e. The summed E-state index contributed by atoms with van der Waals surface area (Å²) in [6.07, 6.45) is -4.66. The second-order valence-corrected chi connectivity index (χ2v) is 12.7. The van der Waals surface area contributed by atoms with Crippen molar-refractivity contribution in [3.8, 4) is 0 Å². The van der Waals surface area contributed by atoms with E-state index in [4.69, 9.17) is 10.8 Å². The van der Waals surface area contributed by atoms with Gasteiger partial charge in [-0.15, -0.1) is 0 Å². The number of nitrogens with two attached hydrogens (primary N) is 1. The molecule has 20 heteroatoms. The van der Waals surface area contributed by atoms with Crippen molar-refractivity contribution in [3.05, 3.63) is 35.9 Å². The van der Waals surface area contributed by atoms with E-state index in [-0.39, 0.29) is 19.3 Å². The SMILES string of the molecule is CC[C@H](C)[C@H](NC(=O)[C@H](CCC(=O)O)NC(=O)[C@@H](N)Cc1ccccc1)C(=O)N[C@@H](CCC(=O)O)C(=O)N[C@@H](CCC(=O)O)C(=O)N[C@H](C(=O)O)[C@@H](C)O. The van der Waals surface area contributed by atoms with E-state index in [1.54, 1.807) is 44.2 Å². The zero-order valence-electron chi connectivity index (χ0n) is 30.2. The van der Waals surface area contributed by atoms with Gasteiger partial charge in [0, 0.05) is 19.3 Å². The van der Waals surface area contributed by atoms with E-state index < -0.39 is 134 Å². The molecule has 0 unspecified atom stereocenters. The number of hydrogen-bond acceptors (Lipinski definition) is 11. The topological polar surface area (TPSA) is 341 Å². The molecule has 1 rings (SSSR count). The van der Waals surface area contributed by atoms with Crippen molar-refractivity contribution in [3.63, 3.8) is 0 Å². The molecule has 0 saturated heterocycles. The lowest BCUT2D eigenvalue weighted by Gasteiger charge is -2.29. The molecule has 0 aliphatic heterocycles. The van der Waals surface area contributed by atoms with Gasteiger partial charge in [-0.3, -0.25) is 38.4 Å². The number of carbonyl (C=O) groups excluding carboxylic acids is 5. The van der Waals surface area contributed by atoms with Crippen LogP contribution in [0.1, 0.15) is 71.3 Å². The van der Waals surface area contributed by atoms with Gasteiger partial charge in [0.05, 0.1) is 12.1 Å². The number of rotatable bonds is 25. The van der Waals surface area contributed by atoms with Gasteiger partial charge in [-0.1, -0.05) is 50.6 Å². The summed E-state index contributed by atoms with van der Waals surface area (Å²) < 4.78 is 0. The third-order valence-electron chi connectivity index (χ3n) is 8.31. The number of aliphatic hydroxyl groups excluding tert-OH is 1. The molecule has 0 aliphatic carbocycles. The number of amides is 5. The molecule has 8 atom stereocenters. The van der Waals surface area contributed by atoms with Crippen LogP contribution in [-0.2, 0) is 49.6 Å². The van der Waals surface area contributed by atoms with Gasteiger partial charge in [0.1, 0.15) is 24.2 Å². The van der Waals surface area contributed by atoms with Gasteiger partial charge in [0.25, 0.3) is 0 Å². The average molecular weight is 767 g/mol. The average Bonchev–Trinajstić information content (AvgIpc) is 3.10. The molecular weight excluding hydrogens is 716 g/mol. The minimum absolute atomic E-state index is 0.0944. The Morgan fingerprint density at radius 2 is 0.981 bits per heavy atom. The summed E-state index contributed by atoms with van der Waals surface area (Å²) in [5.41, 5.74) is 6.77. The van der Waals surface area contributed by atoms with Crippen LogP contribution in [0, 0.1) is 5.92 Å². The number of carboxylic acids is 4. The van der Waals surface area contributed by atoms with Crippen molar-refractivity contribution >= 4 is 53.4 Å². The lowest BCUT2D eigenvalue weighted by atomic mass is 9.96. The van der Waals surface area contributed by atoms with Crippen LogP contribution >= 0.6 is 0 Å². The number of carbonyl (C=O) groups is 9. The quantitative estimate of drug-likeness (QED) is 0.0517. The maximum atomic E-state index is 13.7. The van der Waals surface area contributed by atoms with Crippen LogP contribution in [0.3, 0.4) is 0 Å². The molecule has 0 heterocycles. The summed E-state index contributed by atoms with van der Waals surface area (Å²) in [5.74, 6) is -11.4. The van der Waals surface area contributed by atoms with E-state index in [9.17, 15) is 63.6 Å². The second kappa shape index (κ2) is 23.1. The summed E-state index contributed by atoms with van der Waals surface area (Å²) >= 11 is 0. The van der Waals surface area contributed by atoms with Crippen LogP contribution in [0.25, 0.3) is 0 Å². The first-order valence-electron chi connectivity index (χ1n) is 17.1. The molecule has 0 aromatic heterocycles. The van der Waals surface area contributed by atoms with Crippen LogP contribution in [0.15, 0.2) is 30.3 Å². The van der Waals surface area contributed by atoms with Crippen LogP contribution in [-0.4, -0.2) is 121 Å². The van der Waals surface area contributed by atoms with Crippen molar-refractivity contribution < 1.29 is 68.7 Å². The number of aliphatic hydroxyl groups is 1. The molecule has 20 nitrogen and oxygen atoms in total. The van der Waals surface area contributed by atoms with Gasteiger partial charge >= 0.3 is 23.9 Å². The van der Waals surface area contributed by atoms with Crippen molar-refractivity contribution in [2.75, 3.05) is 0 Å². The highest BCUT2D eigenvalue weighted by molar-refractivity contribution is 5.97. The molecule has 300 valence electrons. The molecule has 0 bridgehead atoms. The highest BCUT2D eigenvalue weighted by atomic mass is 16.4. The third kappa shape index (κ3) is 16.8. The molecule has 0 saturated carbocycles. The van der Waals surface area contributed by atoms with Crippen molar-refractivity contribution in [2.45, 2.75) is 114 Å². The minimum atomic E-state index is -1.84. The Labute approximate surface area is 310 Å². The summed E-state index contributed by atoms with van der Waals surface area (Å²) in [4.78, 5) is 112. The van der Waals surface area contributed by atoms with E-state index in [0.29, 0.717) is 0 Å². The number of hydrogen-bond donors (Lipinski definition) is 11. The van der Waals surface area contributed by atoms with Crippen molar-refractivity contribution in [1.82, 2.24) is 26.6 Å². The lowest BCUT2D eigenvalue weighted by molar-refractivity contribution is -0.145. The van der Waals surface area contributed by atoms with E-state index >= 15 is 0 Å². The molecular formula is C34H50N6O14. The van der Waals surface area contributed by atoms with E-state index in [2.05, 4.69) is 21.3 Å². The van der Waals surface area contributed by atoms with Gasteiger partial charge in [0.2, 0.25) is 29.5 Å². The molecule has 0 spiro atoms. The normalized spacial score (nSPS) is 15.4. The first-order valence-corrected chi connectivity index (χ1v) is 17.1. The van der Waals surface area contributed by atoms with Gasteiger partial charge in [-0.2, -0.15) is 0 Å².